The van der Waals surface area contributed by atoms with Gasteiger partial charge in [-0.3, -0.25) is 0 Å². The van der Waals surface area contributed by atoms with Gasteiger partial charge in [0.05, 0.1) is 6.61 Å². The largest absolute Gasteiger partial charge is 0.395 e. The molecule has 2 nitrogen and oxygen atoms in total. The molecule has 1 atom stereocenters. The van der Waals surface area contributed by atoms with Crippen LogP contribution in [0.25, 0.3) is 0 Å². The van der Waals surface area contributed by atoms with E-state index in [1.807, 2.05) is 31.2 Å². The molecule has 0 saturated carbocycles. The number of aliphatic hydroxyl groups is 1. The predicted octanol–water partition coefficient (Wildman–Crippen LogP) is 2.20. The minimum absolute atomic E-state index is 0.175. The third-order valence-corrected chi connectivity index (χ3v) is 2.43. The molecule has 0 aliphatic heterocycles. The van der Waals surface area contributed by atoms with E-state index in [2.05, 4.69) is 5.32 Å². The fraction of sp³-hybridized carbons (Fsp3) is 0.455. The van der Waals surface area contributed by atoms with Gasteiger partial charge in [0.15, 0.2) is 0 Å². The van der Waals surface area contributed by atoms with Crippen molar-refractivity contribution >= 4 is 11.6 Å². The van der Waals surface area contributed by atoms with Crippen LogP contribution in [0.3, 0.4) is 0 Å². The number of nitrogens with one attached hydrogen (secondary N) is 1. The summed E-state index contributed by atoms with van der Waals surface area (Å²) in [7, 11) is 0. The zero-order valence-corrected chi connectivity index (χ0v) is 9.09. The van der Waals surface area contributed by atoms with Crippen molar-refractivity contribution in [2.24, 2.45) is 0 Å². The molecule has 0 aliphatic rings. The lowest BCUT2D eigenvalue weighted by Crippen LogP contribution is -2.31. The number of rotatable bonds is 5. The second kappa shape index (κ2) is 6.02. The van der Waals surface area contributed by atoms with E-state index >= 15 is 0 Å². The predicted molar refractivity (Wildman–Crippen MR) is 59.5 cm³/mol. The summed E-state index contributed by atoms with van der Waals surface area (Å²) in [6, 6.07) is 7.91. The molecule has 3 heteroatoms. The molecular weight excluding hydrogens is 198 g/mol. The van der Waals surface area contributed by atoms with Crippen LogP contribution in [0.4, 0.5) is 0 Å². The van der Waals surface area contributed by atoms with Crippen LogP contribution >= 0.6 is 11.6 Å². The van der Waals surface area contributed by atoms with Crippen LogP contribution in [0.2, 0.25) is 5.02 Å². The second-order valence-corrected chi connectivity index (χ2v) is 3.74. The second-order valence-electron chi connectivity index (χ2n) is 3.30. The molecule has 14 heavy (non-hydrogen) atoms. The van der Waals surface area contributed by atoms with E-state index in [9.17, 15) is 0 Å². The van der Waals surface area contributed by atoms with E-state index in [1.54, 1.807) is 0 Å². The highest BCUT2D eigenvalue weighted by molar-refractivity contribution is 6.30. The monoisotopic (exact) mass is 213 g/mol. The Morgan fingerprint density at radius 2 is 2.29 bits per heavy atom. The number of hydrogen-bond acceptors (Lipinski definition) is 2. The molecule has 0 amide bonds. The van der Waals surface area contributed by atoms with Crippen molar-refractivity contribution < 1.29 is 5.11 Å². The highest BCUT2D eigenvalue weighted by Crippen LogP contribution is 2.10. The molecule has 0 fully saturated rings. The van der Waals surface area contributed by atoms with Crippen LogP contribution in [0, 0.1) is 0 Å². The Bertz CT molecular complexity index is 274. The molecule has 0 spiro atoms. The van der Waals surface area contributed by atoms with Crippen LogP contribution < -0.4 is 5.32 Å². The molecule has 2 N–H and O–H groups in total. The van der Waals surface area contributed by atoms with Gasteiger partial charge in [0.25, 0.3) is 0 Å². The first-order valence-corrected chi connectivity index (χ1v) is 5.22. The molecule has 1 aromatic rings. The first kappa shape index (κ1) is 11.5. The summed E-state index contributed by atoms with van der Waals surface area (Å²) >= 11 is 5.85. The fourth-order valence-electron chi connectivity index (χ4n) is 1.25. The maximum absolute atomic E-state index is 8.97. The molecule has 0 aliphatic carbocycles. The van der Waals surface area contributed by atoms with Gasteiger partial charge in [-0.25, -0.2) is 0 Å². The molecule has 1 aromatic carbocycles. The Hall–Kier alpha value is -0.570. The molecule has 0 radical (unpaired) electrons. The van der Waals surface area contributed by atoms with E-state index in [0.717, 1.165) is 23.6 Å². The van der Waals surface area contributed by atoms with Crippen LogP contribution in [-0.4, -0.2) is 17.8 Å². The lowest BCUT2D eigenvalue weighted by Gasteiger charge is -2.13. The Morgan fingerprint density at radius 1 is 1.50 bits per heavy atom. The van der Waals surface area contributed by atoms with Crippen molar-refractivity contribution in [1.29, 1.82) is 0 Å². The quantitative estimate of drug-likeness (QED) is 0.786. The smallest absolute Gasteiger partial charge is 0.0584 e. The van der Waals surface area contributed by atoms with Gasteiger partial charge in [0.2, 0.25) is 0 Å². The van der Waals surface area contributed by atoms with Crippen molar-refractivity contribution in [1.82, 2.24) is 5.32 Å². The van der Waals surface area contributed by atoms with Crippen molar-refractivity contribution in [2.75, 3.05) is 6.61 Å². The highest BCUT2D eigenvalue weighted by Gasteiger charge is 2.02. The minimum atomic E-state index is 0.175. The summed E-state index contributed by atoms with van der Waals surface area (Å²) in [6.07, 6.45) is 0.928. The third-order valence-electron chi connectivity index (χ3n) is 2.20. The van der Waals surface area contributed by atoms with Crippen LogP contribution in [0.1, 0.15) is 18.9 Å². The van der Waals surface area contributed by atoms with E-state index < -0.39 is 0 Å². The summed E-state index contributed by atoms with van der Waals surface area (Å²) in [5.41, 5.74) is 1.14. The molecule has 78 valence electrons. The standard InChI is InChI=1S/C11H16ClNO/c1-2-11(8-14)13-7-9-4-3-5-10(12)6-9/h3-6,11,13-14H,2,7-8H2,1H3/t11-/m0/s1. The van der Waals surface area contributed by atoms with Gasteiger partial charge in [-0.15, -0.1) is 0 Å². The molecule has 0 aromatic heterocycles. The highest BCUT2D eigenvalue weighted by atomic mass is 35.5. The van der Waals surface area contributed by atoms with E-state index in [4.69, 9.17) is 16.7 Å². The Kier molecular flexibility index (Phi) is 4.94. The summed E-state index contributed by atoms with van der Waals surface area (Å²) in [6.45, 7) is 2.97. The number of halogens is 1. The van der Waals surface area contributed by atoms with Gasteiger partial charge < -0.3 is 10.4 Å². The Balaban J connectivity index is 2.44. The van der Waals surface area contributed by atoms with Gasteiger partial charge in [0.1, 0.15) is 0 Å². The van der Waals surface area contributed by atoms with Crippen molar-refractivity contribution in [3.05, 3.63) is 34.9 Å². The first-order chi connectivity index (χ1) is 6.76. The van der Waals surface area contributed by atoms with Gasteiger partial charge in [-0.2, -0.15) is 0 Å². The third kappa shape index (κ3) is 3.66. The molecule has 1 rings (SSSR count). The van der Waals surface area contributed by atoms with Crippen molar-refractivity contribution in [2.45, 2.75) is 25.9 Å². The number of benzene rings is 1. The average molecular weight is 214 g/mol. The summed E-state index contributed by atoms with van der Waals surface area (Å²) in [5.74, 6) is 0. The van der Waals surface area contributed by atoms with Gasteiger partial charge in [-0.1, -0.05) is 30.7 Å². The Morgan fingerprint density at radius 3 is 2.86 bits per heavy atom. The van der Waals surface area contributed by atoms with E-state index in [1.165, 1.54) is 0 Å². The molecule has 0 heterocycles. The van der Waals surface area contributed by atoms with Crippen molar-refractivity contribution in [3.63, 3.8) is 0 Å². The summed E-state index contributed by atoms with van der Waals surface area (Å²) in [4.78, 5) is 0. The Labute approximate surface area is 89.9 Å². The molecular formula is C11H16ClNO. The molecule has 0 saturated heterocycles. The summed E-state index contributed by atoms with van der Waals surface area (Å²) in [5, 5.41) is 13.0. The van der Waals surface area contributed by atoms with Crippen LogP contribution in [0.15, 0.2) is 24.3 Å². The number of hydrogen-bond donors (Lipinski definition) is 2. The van der Waals surface area contributed by atoms with E-state index in [-0.39, 0.29) is 12.6 Å². The molecule has 0 unspecified atom stereocenters. The zero-order valence-electron chi connectivity index (χ0n) is 8.33. The van der Waals surface area contributed by atoms with Gasteiger partial charge in [-0.05, 0) is 24.1 Å². The topological polar surface area (TPSA) is 32.3 Å². The van der Waals surface area contributed by atoms with E-state index in [0.29, 0.717) is 0 Å². The maximum Gasteiger partial charge on any atom is 0.0584 e. The van der Waals surface area contributed by atoms with Crippen molar-refractivity contribution in [3.8, 4) is 0 Å². The maximum atomic E-state index is 8.97. The normalized spacial score (nSPS) is 12.8. The molecule has 0 bridgehead atoms. The fourth-order valence-corrected chi connectivity index (χ4v) is 1.46. The minimum Gasteiger partial charge on any atom is -0.395 e. The summed E-state index contributed by atoms with van der Waals surface area (Å²) < 4.78 is 0. The van der Waals surface area contributed by atoms with Gasteiger partial charge in [0, 0.05) is 17.6 Å². The number of aliphatic hydroxyl groups excluding tert-OH is 1. The lowest BCUT2D eigenvalue weighted by atomic mass is 10.2. The zero-order chi connectivity index (χ0) is 10.4. The first-order valence-electron chi connectivity index (χ1n) is 4.85. The van der Waals surface area contributed by atoms with Crippen LogP contribution in [-0.2, 0) is 6.54 Å². The average Bonchev–Trinajstić information content (AvgIpc) is 2.19. The van der Waals surface area contributed by atoms with Gasteiger partial charge >= 0.3 is 0 Å². The SMILES string of the molecule is CC[C@@H](CO)NCc1cccc(Cl)c1. The van der Waals surface area contributed by atoms with Crippen LogP contribution in [0.5, 0.6) is 0 Å². The lowest BCUT2D eigenvalue weighted by molar-refractivity contribution is 0.238.